The van der Waals surface area contributed by atoms with E-state index in [-0.39, 0.29) is 23.7 Å². The van der Waals surface area contributed by atoms with Gasteiger partial charge in [0.25, 0.3) is 10.0 Å². The van der Waals surface area contributed by atoms with Crippen LogP contribution in [-0.2, 0) is 25.0 Å². The number of benzene rings is 2. The van der Waals surface area contributed by atoms with E-state index in [0.717, 1.165) is 16.7 Å². The lowest BCUT2D eigenvalue weighted by Crippen LogP contribution is -2.53. The van der Waals surface area contributed by atoms with Crippen LogP contribution >= 0.6 is 0 Å². The second-order valence-electron chi connectivity index (χ2n) is 9.55. The van der Waals surface area contributed by atoms with Gasteiger partial charge < -0.3 is 4.74 Å². The van der Waals surface area contributed by atoms with Gasteiger partial charge in [0.05, 0.1) is 23.1 Å². The quantitative estimate of drug-likeness (QED) is 0.645. The number of ether oxygens (including phenoxy) is 1. The van der Waals surface area contributed by atoms with E-state index in [4.69, 9.17) is 4.74 Å². The van der Waals surface area contributed by atoms with Crippen molar-refractivity contribution in [3.8, 4) is 0 Å². The van der Waals surface area contributed by atoms with E-state index >= 15 is 0 Å². The van der Waals surface area contributed by atoms with Crippen LogP contribution in [0.25, 0.3) is 5.70 Å². The van der Waals surface area contributed by atoms with Gasteiger partial charge in [0, 0.05) is 11.5 Å². The van der Waals surface area contributed by atoms with Crippen molar-refractivity contribution in [2.75, 3.05) is 0 Å². The Kier molecular flexibility index (Phi) is 3.86. The first-order valence-corrected chi connectivity index (χ1v) is 11.7. The van der Waals surface area contributed by atoms with Gasteiger partial charge in [-0.15, -0.1) is 0 Å². The summed E-state index contributed by atoms with van der Waals surface area (Å²) in [6.45, 7) is 8.11. The highest BCUT2D eigenvalue weighted by Gasteiger charge is 2.61. The highest BCUT2D eigenvalue weighted by molar-refractivity contribution is 7.90. The van der Waals surface area contributed by atoms with Crippen LogP contribution in [0.1, 0.15) is 56.7 Å². The predicted molar refractivity (Wildman–Crippen MR) is 114 cm³/mol. The molecule has 2 unspecified atom stereocenters. The normalized spacial score (nSPS) is 29.0. The molecule has 2 aromatic carbocycles. The zero-order chi connectivity index (χ0) is 21.5. The minimum atomic E-state index is -3.78. The number of carbonyl (C=O) groups excluding carboxylic acids is 1. The maximum atomic E-state index is 13.7. The molecule has 0 aromatic heterocycles. The molecule has 30 heavy (non-hydrogen) atoms. The Morgan fingerprint density at radius 1 is 1.07 bits per heavy atom. The molecule has 0 saturated carbocycles. The van der Waals surface area contributed by atoms with Gasteiger partial charge in [0.2, 0.25) is 0 Å². The summed E-state index contributed by atoms with van der Waals surface area (Å²) in [5.41, 5.74) is 2.23. The predicted octanol–water partition coefficient (Wildman–Crippen LogP) is 4.20. The second-order valence-corrected chi connectivity index (χ2v) is 11.3. The smallest absolute Gasteiger partial charge is 0.308 e. The third-order valence-electron chi connectivity index (χ3n) is 6.60. The Morgan fingerprint density at radius 3 is 2.43 bits per heavy atom. The molecule has 2 aromatic rings. The molecular weight excluding hydrogens is 398 g/mol. The third kappa shape index (κ3) is 2.46. The molecule has 0 N–H and O–H groups in total. The van der Waals surface area contributed by atoms with Crippen LogP contribution in [0.15, 0.2) is 59.5 Å². The van der Waals surface area contributed by atoms with Gasteiger partial charge in [-0.3, -0.25) is 9.10 Å². The number of esters is 1. The summed E-state index contributed by atoms with van der Waals surface area (Å²) in [5, 5.41) is 0. The van der Waals surface area contributed by atoms with Crippen molar-refractivity contribution in [3.63, 3.8) is 0 Å². The number of sulfonamides is 1. The lowest BCUT2D eigenvalue weighted by molar-refractivity contribution is -0.149. The van der Waals surface area contributed by atoms with Crippen LogP contribution in [0.4, 0.5) is 0 Å². The molecule has 1 fully saturated rings. The highest BCUT2D eigenvalue weighted by atomic mass is 32.2. The number of hydrogen-bond donors (Lipinski definition) is 0. The van der Waals surface area contributed by atoms with Gasteiger partial charge >= 0.3 is 5.97 Å². The fraction of sp³-hybridized carbons (Fsp3) is 0.375. The first-order chi connectivity index (χ1) is 14.0. The molecule has 156 valence electrons. The Morgan fingerprint density at radius 2 is 1.77 bits per heavy atom. The number of carbonyl (C=O) groups is 1. The van der Waals surface area contributed by atoms with Crippen molar-refractivity contribution in [1.29, 1.82) is 0 Å². The van der Waals surface area contributed by atoms with Gasteiger partial charge in [-0.1, -0.05) is 63.2 Å². The van der Waals surface area contributed by atoms with Crippen molar-refractivity contribution in [2.45, 2.75) is 62.0 Å². The van der Waals surface area contributed by atoms with E-state index in [2.05, 4.69) is 20.8 Å². The molecule has 6 heteroatoms. The summed E-state index contributed by atoms with van der Waals surface area (Å²) in [6.07, 6.45) is 2.04. The van der Waals surface area contributed by atoms with Crippen molar-refractivity contribution >= 4 is 21.7 Å². The molecule has 1 saturated heterocycles. The number of nitrogens with zero attached hydrogens (tertiary/aromatic N) is 1. The molecule has 0 aliphatic carbocycles. The van der Waals surface area contributed by atoms with Gasteiger partial charge in [-0.25, -0.2) is 8.42 Å². The van der Waals surface area contributed by atoms with Crippen LogP contribution in [0.2, 0.25) is 0 Å². The maximum Gasteiger partial charge on any atom is 0.308 e. The van der Waals surface area contributed by atoms with Crippen LogP contribution in [0, 0.1) is 0 Å². The average molecular weight is 424 g/mol. The highest BCUT2D eigenvalue weighted by Crippen LogP contribution is 2.56. The topological polar surface area (TPSA) is 63.7 Å². The lowest BCUT2D eigenvalue weighted by atomic mass is 9.74. The first kappa shape index (κ1) is 19.4. The van der Waals surface area contributed by atoms with Crippen LogP contribution in [0.5, 0.6) is 0 Å². The standard InChI is InChI=1S/C24H25NO4S/c1-23(2,3)16-11-8-12-19-22(16)18-13-17(15-9-6-5-7-10-15)24(4)20(14-21(26)29-24)25(18)30(19,27)28/h5-13,17,20H,14H2,1-4H3/t17?,20?,24-/m0/s1. The number of rotatable bonds is 1. The molecule has 5 rings (SSSR count). The van der Waals surface area contributed by atoms with Crippen molar-refractivity contribution < 1.29 is 17.9 Å². The fourth-order valence-corrected chi connectivity index (χ4v) is 7.15. The van der Waals surface area contributed by atoms with E-state index in [1.807, 2.05) is 49.4 Å². The molecule has 3 atom stereocenters. The monoisotopic (exact) mass is 423 g/mol. The zero-order valence-electron chi connectivity index (χ0n) is 17.5. The van der Waals surface area contributed by atoms with Crippen LogP contribution < -0.4 is 0 Å². The summed E-state index contributed by atoms with van der Waals surface area (Å²) in [7, 11) is -3.78. The van der Waals surface area contributed by atoms with Crippen LogP contribution in [-0.4, -0.2) is 30.3 Å². The minimum absolute atomic E-state index is 0.0508. The van der Waals surface area contributed by atoms with Gasteiger partial charge in [-0.2, -0.15) is 0 Å². The van der Waals surface area contributed by atoms with E-state index < -0.39 is 21.7 Å². The Bertz CT molecular complexity index is 1190. The fourth-order valence-electron chi connectivity index (χ4n) is 5.19. The third-order valence-corrected chi connectivity index (χ3v) is 8.47. The van der Waals surface area contributed by atoms with Crippen LogP contribution in [0.3, 0.4) is 0 Å². The lowest BCUT2D eigenvalue weighted by Gasteiger charge is -2.44. The van der Waals surface area contributed by atoms with Gasteiger partial charge in [0.1, 0.15) is 5.60 Å². The van der Waals surface area contributed by atoms with E-state index in [9.17, 15) is 13.2 Å². The molecule has 0 bridgehead atoms. The Hall–Kier alpha value is -2.60. The summed E-state index contributed by atoms with van der Waals surface area (Å²) >= 11 is 0. The molecule has 3 aliphatic rings. The molecule has 0 spiro atoms. The minimum Gasteiger partial charge on any atom is -0.456 e. The van der Waals surface area contributed by atoms with E-state index in [1.165, 1.54) is 4.31 Å². The molecule has 3 aliphatic heterocycles. The second kappa shape index (κ2) is 5.97. The Labute approximate surface area is 177 Å². The average Bonchev–Trinajstić information content (AvgIpc) is 3.11. The van der Waals surface area contributed by atoms with E-state index in [0.29, 0.717) is 10.6 Å². The first-order valence-electron chi connectivity index (χ1n) is 10.2. The molecular formula is C24H25NO4S. The summed E-state index contributed by atoms with van der Waals surface area (Å²) < 4.78 is 34.6. The molecule has 0 amide bonds. The largest absolute Gasteiger partial charge is 0.456 e. The van der Waals surface area contributed by atoms with Crippen molar-refractivity contribution in [3.05, 3.63) is 71.3 Å². The summed E-state index contributed by atoms with van der Waals surface area (Å²) in [6, 6.07) is 14.8. The molecule has 5 nitrogen and oxygen atoms in total. The van der Waals surface area contributed by atoms with Gasteiger partial charge in [-0.05, 0) is 35.6 Å². The summed E-state index contributed by atoms with van der Waals surface area (Å²) in [5.74, 6) is -0.601. The van der Waals surface area contributed by atoms with E-state index in [1.54, 1.807) is 12.1 Å². The summed E-state index contributed by atoms with van der Waals surface area (Å²) in [4.78, 5) is 12.7. The maximum absolute atomic E-state index is 13.7. The number of fused-ring (bicyclic) bond motifs is 5. The molecule has 0 radical (unpaired) electrons. The SMILES string of the molecule is CC(C)(C)c1cccc2c1C1=CC(c3ccccc3)[C@]3(C)OC(=O)CC3N1S2(=O)=O. The number of hydrogen-bond acceptors (Lipinski definition) is 4. The van der Waals surface area contributed by atoms with Gasteiger partial charge in [0.15, 0.2) is 0 Å². The zero-order valence-corrected chi connectivity index (χ0v) is 18.4. The Balaban J connectivity index is 1.83. The molecule has 3 heterocycles. The van der Waals surface area contributed by atoms with Crippen molar-refractivity contribution in [1.82, 2.24) is 4.31 Å². The van der Waals surface area contributed by atoms with Crippen molar-refractivity contribution in [2.24, 2.45) is 0 Å².